The van der Waals surface area contributed by atoms with Crippen molar-refractivity contribution in [3.63, 3.8) is 0 Å². The Morgan fingerprint density at radius 3 is 2.56 bits per heavy atom. The topological polar surface area (TPSA) is 132 Å². The summed E-state index contributed by atoms with van der Waals surface area (Å²) >= 11 is 0. The molecule has 0 radical (unpaired) electrons. The summed E-state index contributed by atoms with van der Waals surface area (Å²) in [6.07, 6.45) is 1.88. The fraction of sp³-hybridized carbons (Fsp3) is 0.364. The molecular formula is C22H25F2N5O5. The number of halogens is 2. The van der Waals surface area contributed by atoms with Crippen molar-refractivity contribution >= 4 is 11.7 Å². The second-order valence-corrected chi connectivity index (χ2v) is 8.02. The number of ether oxygens (including phenoxy) is 1. The van der Waals surface area contributed by atoms with Crippen molar-refractivity contribution in [2.24, 2.45) is 5.92 Å². The number of amides is 1. The third-order valence-corrected chi connectivity index (χ3v) is 4.73. The van der Waals surface area contributed by atoms with Gasteiger partial charge < -0.3 is 20.3 Å². The number of nitrogens with one attached hydrogen (secondary N) is 1. The number of carbonyl (C=O) groups is 1. The number of carbonyl (C=O) groups excluding carboxylic acids is 1. The van der Waals surface area contributed by atoms with Crippen LogP contribution in [-0.2, 0) is 11.3 Å². The first-order chi connectivity index (χ1) is 16.2. The van der Waals surface area contributed by atoms with Crippen molar-refractivity contribution in [3.8, 4) is 11.5 Å². The molecule has 0 saturated heterocycles. The molecule has 0 fully saturated rings. The zero-order valence-corrected chi connectivity index (χ0v) is 18.6. The Morgan fingerprint density at radius 1 is 1.24 bits per heavy atom. The zero-order chi connectivity index (χ0) is 24.8. The lowest BCUT2D eigenvalue weighted by Gasteiger charge is -2.19. The second-order valence-electron chi connectivity index (χ2n) is 8.02. The van der Waals surface area contributed by atoms with Gasteiger partial charge in [0.2, 0.25) is 0 Å². The average Bonchev–Trinajstić information content (AvgIpc) is 3.21. The summed E-state index contributed by atoms with van der Waals surface area (Å²) in [5.41, 5.74) is -0.702. The van der Waals surface area contributed by atoms with Crippen LogP contribution in [0.25, 0.3) is 0 Å². The number of para-hydroxylation sites is 1. The minimum absolute atomic E-state index is 0.0187. The number of rotatable bonds is 10. The van der Waals surface area contributed by atoms with Gasteiger partial charge in [-0.1, -0.05) is 19.9 Å². The minimum Gasteiger partial charge on any atom is -0.449 e. The van der Waals surface area contributed by atoms with Crippen molar-refractivity contribution < 1.29 is 28.5 Å². The maximum Gasteiger partial charge on any atom is 0.271 e. The Kier molecular flexibility index (Phi) is 8.08. The van der Waals surface area contributed by atoms with Crippen LogP contribution in [0.3, 0.4) is 0 Å². The third kappa shape index (κ3) is 6.23. The van der Waals surface area contributed by atoms with E-state index in [0.29, 0.717) is 0 Å². The molecular weight excluding hydrogens is 452 g/mol. The largest absolute Gasteiger partial charge is 0.449 e. The predicted octanol–water partition coefficient (Wildman–Crippen LogP) is 2.09. The van der Waals surface area contributed by atoms with Crippen LogP contribution in [0.5, 0.6) is 11.5 Å². The Bertz CT molecular complexity index is 1180. The number of anilines is 1. The summed E-state index contributed by atoms with van der Waals surface area (Å²) in [6, 6.07) is 4.71. The molecule has 34 heavy (non-hydrogen) atoms. The van der Waals surface area contributed by atoms with Gasteiger partial charge in [-0.3, -0.25) is 14.3 Å². The predicted molar refractivity (Wildman–Crippen MR) is 117 cm³/mol. The first-order valence-electron chi connectivity index (χ1n) is 10.5. The number of aromatic nitrogens is 4. The lowest BCUT2D eigenvalue weighted by atomic mass is 10.0. The van der Waals surface area contributed by atoms with Gasteiger partial charge in [0.05, 0.1) is 25.5 Å². The third-order valence-electron chi connectivity index (χ3n) is 4.73. The Balaban J connectivity index is 1.80. The standard InChI is InChI=1S/C22H25F2N5O5/c1-13(2)8-18(22(33)26-19-6-7-28(27-19)11-14(31)12-30)29-20(32)9-15(10-25-29)34-21-16(23)4-3-5-17(21)24/h3-7,9-10,13-14,18,30-31H,8,11-12H2,1-2H3,(H,26,27,33)/t14-,18?/m1/s1. The molecule has 182 valence electrons. The molecule has 0 aliphatic carbocycles. The molecule has 2 heterocycles. The van der Waals surface area contributed by atoms with E-state index in [1.165, 1.54) is 23.0 Å². The highest BCUT2D eigenvalue weighted by Crippen LogP contribution is 2.26. The smallest absolute Gasteiger partial charge is 0.271 e. The van der Waals surface area contributed by atoms with E-state index in [9.17, 15) is 23.5 Å². The molecule has 3 N–H and O–H groups in total. The average molecular weight is 477 g/mol. The van der Waals surface area contributed by atoms with Crippen LogP contribution in [0.1, 0.15) is 26.3 Å². The van der Waals surface area contributed by atoms with Crippen LogP contribution >= 0.6 is 0 Å². The number of hydrogen-bond donors (Lipinski definition) is 3. The van der Waals surface area contributed by atoms with Gasteiger partial charge in [0.15, 0.2) is 29.0 Å². The first kappa shape index (κ1) is 25.0. The van der Waals surface area contributed by atoms with Gasteiger partial charge in [-0.15, -0.1) is 0 Å². The quantitative estimate of drug-likeness (QED) is 0.407. The molecule has 1 unspecified atom stereocenters. The fourth-order valence-electron chi connectivity index (χ4n) is 3.17. The summed E-state index contributed by atoms with van der Waals surface area (Å²) in [7, 11) is 0. The van der Waals surface area contributed by atoms with Crippen molar-refractivity contribution in [2.75, 3.05) is 11.9 Å². The van der Waals surface area contributed by atoms with Crippen LogP contribution in [-0.4, -0.2) is 48.4 Å². The number of aliphatic hydroxyl groups is 2. The number of aliphatic hydroxyl groups excluding tert-OH is 2. The van der Waals surface area contributed by atoms with Gasteiger partial charge >= 0.3 is 0 Å². The highest BCUT2D eigenvalue weighted by molar-refractivity contribution is 5.92. The van der Waals surface area contributed by atoms with E-state index in [2.05, 4.69) is 15.5 Å². The van der Waals surface area contributed by atoms with Crippen molar-refractivity contribution in [3.05, 3.63) is 64.7 Å². The summed E-state index contributed by atoms with van der Waals surface area (Å²) in [6.45, 7) is 3.34. The van der Waals surface area contributed by atoms with E-state index in [-0.39, 0.29) is 30.5 Å². The van der Waals surface area contributed by atoms with E-state index < -0.39 is 47.6 Å². The van der Waals surface area contributed by atoms with E-state index in [0.717, 1.165) is 29.1 Å². The monoisotopic (exact) mass is 477 g/mol. The molecule has 1 amide bonds. The fourth-order valence-corrected chi connectivity index (χ4v) is 3.17. The highest BCUT2D eigenvalue weighted by Gasteiger charge is 2.25. The normalized spacial score (nSPS) is 13.0. The summed E-state index contributed by atoms with van der Waals surface area (Å²) in [4.78, 5) is 25.7. The number of nitrogens with zero attached hydrogens (tertiary/aromatic N) is 4. The molecule has 0 aliphatic heterocycles. The van der Waals surface area contributed by atoms with E-state index in [4.69, 9.17) is 9.84 Å². The van der Waals surface area contributed by atoms with Crippen LogP contribution in [0.15, 0.2) is 47.5 Å². The Hall–Kier alpha value is -3.64. The summed E-state index contributed by atoms with van der Waals surface area (Å²) in [5.74, 6) is -3.07. The molecule has 12 heteroatoms. The zero-order valence-electron chi connectivity index (χ0n) is 18.6. The van der Waals surface area contributed by atoms with E-state index in [1.54, 1.807) is 0 Å². The van der Waals surface area contributed by atoms with Gasteiger partial charge in [-0.05, 0) is 24.5 Å². The Morgan fingerprint density at radius 2 is 1.94 bits per heavy atom. The second kappa shape index (κ2) is 11.0. The van der Waals surface area contributed by atoms with Crippen LogP contribution in [0, 0.1) is 17.6 Å². The molecule has 0 bridgehead atoms. The summed E-state index contributed by atoms with van der Waals surface area (Å²) in [5, 5.41) is 29.2. The maximum absolute atomic E-state index is 13.8. The van der Waals surface area contributed by atoms with Gasteiger partial charge in [0, 0.05) is 18.3 Å². The number of hydrogen-bond acceptors (Lipinski definition) is 7. The van der Waals surface area contributed by atoms with Crippen molar-refractivity contribution in [2.45, 2.75) is 39.0 Å². The minimum atomic E-state index is -1.00. The molecule has 3 rings (SSSR count). The number of benzene rings is 1. The first-order valence-corrected chi connectivity index (χ1v) is 10.5. The van der Waals surface area contributed by atoms with Crippen LogP contribution in [0.2, 0.25) is 0 Å². The lowest BCUT2D eigenvalue weighted by molar-refractivity contribution is -0.120. The molecule has 1 aromatic carbocycles. The molecule has 0 spiro atoms. The van der Waals surface area contributed by atoms with Gasteiger partial charge in [-0.25, -0.2) is 13.5 Å². The molecule has 3 aromatic rings. The van der Waals surface area contributed by atoms with Gasteiger partial charge in [0.1, 0.15) is 6.04 Å². The lowest BCUT2D eigenvalue weighted by Crippen LogP contribution is -2.35. The molecule has 10 nitrogen and oxygen atoms in total. The van der Waals surface area contributed by atoms with E-state index >= 15 is 0 Å². The molecule has 2 aromatic heterocycles. The van der Waals surface area contributed by atoms with E-state index in [1.807, 2.05) is 13.8 Å². The maximum atomic E-state index is 13.8. The van der Waals surface area contributed by atoms with Crippen LogP contribution < -0.4 is 15.6 Å². The molecule has 0 aliphatic rings. The Labute approximate surface area is 193 Å². The van der Waals surface area contributed by atoms with Crippen molar-refractivity contribution in [1.29, 1.82) is 0 Å². The molecule has 0 saturated carbocycles. The summed E-state index contributed by atoms with van der Waals surface area (Å²) < 4.78 is 35.2. The molecule has 2 atom stereocenters. The van der Waals surface area contributed by atoms with Gasteiger partial charge in [0.25, 0.3) is 11.5 Å². The van der Waals surface area contributed by atoms with Crippen molar-refractivity contribution in [1.82, 2.24) is 19.6 Å². The highest BCUT2D eigenvalue weighted by atomic mass is 19.1. The van der Waals surface area contributed by atoms with Gasteiger partial charge in [-0.2, -0.15) is 10.2 Å². The SMILES string of the molecule is CC(C)CC(C(=O)Nc1ccn(C[C@@H](O)CO)n1)n1ncc(Oc2c(F)cccc2F)cc1=O. The van der Waals surface area contributed by atoms with Crippen LogP contribution in [0.4, 0.5) is 14.6 Å².